The van der Waals surface area contributed by atoms with Gasteiger partial charge in [0.1, 0.15) is 5.52 Å². The number of para-hydroxylation sites is 2. The number of nitro benzene ring substituents is 1. The molecule has 28 heavy (non-hydrogen) atoms. The molecular weight excluding hydrogens is 360 g/mol. The van der Waals surface area contributed by atoms with Crippen molar-refractivity contribution in [3.8, 4) is 11.5 Å². The van der Waals surface area contributed by atoms with Gasteiger partial charge >= 0.3 is 6.03 Å². The van der Waals surface area contributed by atoms with Crippen LogP contribution in [0.2, 0.25) is 0 Å². The van der Waals surface area contributed by atoms with Crippen molar-refractivity contribution in [3.63, 3.8) is 0 Å². The third-order valence-electron chi connectivity index (χ3n) is 4.02. The SMILES string of the molecule is O=C(Nc1ccccc1)Nc1ccccc1-c1nc2ccc([N+](=O)[O-])cc2o1. The summed E-state index contributed by atoms with van der Waals surface area (Å²) in [7, 11) is 0. The Kier molecular flexibility index (Phi) is 4.43. The van der Waals surface area contributed by atoms with E-state index in [2.05, 4.69) is 15.6 Å². The number of carbonyl (C=O) groups is 1. The lowest BCUT2D eigenvalue weighted by atomic mass is 10.2. The highest BCUT2D eigenvalue weighted by Crippen LogP contribution is 2.31. The number of oxazole rings is 1. The second-order valence-electron chi connectivity index (χ2n) is 5.92. The van der Waals surface area contributed by atoms with Gasteiger partial charge in [0.15, 0.2) is 5.58 Å². The van der Waals surface area contributed by atoms with Gasteiger partial charge in [-0.05, 0) is 30.3 Å². The van der Waals surface area contributed by atoms with Gasteiger partial charge in [-0.1, -0.05) is 30.3 Å². The second kappa shape index (κ2) is 7.20. The molecule has 8 heteroatoms. The van der Waals surface area contributed by atoms with Crippen LogP contribution in [-0.2, 0) is 0 Å². The first-order chi connectivity index (χ1) is 13.6. The molecule has 1 heterocycles. The zero-order chi connectivity index (χ0) is 19.5. The number of aromatic nitrogens is 1. The van der Waals surface area contributed by atoms with Gasteiger partial charge in [0, 0.05) is 11.8 Å². The van der Waals surface area contributed by atoms with E-state index in [4.69, 9.17) is 4.42 Å². The molecule has 0 bridgehead atoms. The van der Waals surface area contributed by atoms with Crippen LogP contribution >= 0.6 is 0 Å². The van der Waals surface area contributed by atoms with Crippen molar-refractivity contribution >= 4 is 34.2 Å². The highest BCUT2D eigenvalue weighted by atomic mass is 16.6. The number of rotatable bonds is 4. The number of hydrogen-bond acceptors (Lipinski definition) is 5. The Morgan fingerprint density at radius 3 is 2.50 bits per heavy atom. The number of fused-ring (bicyclic) bond motifs is 1. The van der Waals surface area contributed by atoms with Crippen LogP contribution < -0.4 is 10.6 Å². The van der Waals surface area contributed by atoms with Crippen molar-refractivity contribution < 1.29 is 14.1 Å². The lowest BCUT2D eigenvalue weighted by Gasteiger charge is -2.10. The van der Waals surface area contributed by atoms with E-state index in [0.717, 1.165) is 0 Å². The topological polar surface area (TPSA) is 110 Å². The van der Waals surface area contributed by atoms with Crippen molar-refractivity contribution in [1.82, 2.24) is 4.98 Å². The molecule has 4 aromatic rings. The fourth-order valence-corrected chi connectivity index (χ4v) is 2.73. The van der Waals surface area contributed by atoms with Gasteiger partial charge in [0.25, 0.3) is 5.69 Å². The Morgan fingerprint density at radius 2 is 1.71 bits per heavy atom. The molecule has 3 aromatic carbocycles. The van der Waals surface area contributed by atoms with Crippen LogP contribution in [0.1, 0.15) is 0 Å². The summed E-state index contributed by atoms with van der Waals surface area (Å²) in [5, 5.41) is 16.4. The van der Waals surface area contributed by atoms with Crippen LogP contribution in [0.5, 0.6) is 0 Å². The van der Waals surface area contributed by atoms with Crippen LogP contribution in [0.25, 0.3) is 22.6 Å². The Labute approximate surface area is 159 Å². The first kappa shape index (κ1) is 17.2. The molecular formula is C20H14N4O4. The largest absolute Gasteiger partial charge is 0.436 e. The van der Waals surface area contributed by atoms with E-state index in [1.165, 1.54) is 18.2 Å². The molecule has 0 saturated heterocycles. The third kappa shape index (κ3) is 3.51. The minimum Gasteiger partial charge on any atom is -0.436 e. The van der Waals surface area contributed by atoms with Crippen LogP contribution in [0, 0.1) is 10.1 Å². The highest BCUT2D eigenvalue weighted by molar-refractivity contribution is 6.02. The summed E-state index contributed by atoms with van der Waals surface area (Å²) in [6, 6.07) is 19.9. The summed E-state index contributed by atoms with van der Waals surface area (Å²) in [4.78, 5) is 27.1. The lowest BCUT2D eigenvalue weighted by molar-refractivity contribution is -0.384. The Morgan fingerprint density at radius 1 is 0.964 bits per heavy atom. The van der Waals surface area contributed by atoms with Crippen LogP contribution in [-0.4, -0.2) is 15.9 Å². The van der Waals surface area contributed by atoms with Gasteiger partial charge in [-0.2, -0.15) is 0 Å². The number of urea groups is 1. The standard InChI is InChI=1S/C20H14N4O4/c25-20(21-13-6-2-1-3-7-13)23-16-9-5-4-8-15(16)19-22-17-11-10-14(24(26)27)12-18(17)28-19/h1-12H,(H2,21,23,25). The maximum absolute atomic E-state index is 12.3. The number of anilines is 2. The predicted octanol–water partition coefficient (Wildman–Crippen LogP) is 5.05. The van der Waals surface area contributed by atoms with E-state index in [9.17, 15) is 14.9 Å². The summed E-state index contributed by atoms with van der Waals surface area (Å²) in [5.41, 5.74) is 2.42. The van der Waals surface area contributed by atoms with E-state index in [1.807, 2.05) is 18.2 Å². The second-order valence-corrected chi connectivity index (χ2v) is 5.92. The first-order valence-corrected chi connectivity index (χ1v) is 8.37. The normalized spacial score (nSPS) is 10.6. The van der Waals surface area contributed by atoms with E-state index in [-0.39, 0.29) is 11.6 Å². The zero-order valence-corrected chi connectivity index (χ0v) is 14.5. The molecule has 2 N–H and O–H groups in total. The highest BCUT2D eigenvalue weighted by Gasteiger charge is 2.16. The van der Waals surface area contributed by atoms with Gasteiger partial charge < -0.3 is 15.1 Å². The molecule has 0 atom stereocenters. The third-order valence-corrected chi connectivity index (χ3v) is 4.02. The molecule has 0 aliphatic rings. The minimum atomic E-state index is -0.495. The average molecular weight is 374 g/mol. The van der Waals surface area contributed by atoms with Crippen molar-refractivity contribution in [2.24, 2.45) is 0 Å². The molecule has 0 aliphatic heterocycles. The Hall–Kier alpha value is -4.20. The molecule has 0 aliphatic carbocycles. The number of benzene rings is 3. The van der Waals surface area contributed by atoms with E-state index >= 15 is 0 Å². The number of nitro groups is 1. The molecule has 0 radical (unpaired) electrons. The van der Waals surface area contributed by atoms with E-state index < -0.39 is 11.0 Å². The van der Waals surface area contributed by atoms with Gasteiger partial charge in [0.05, 0.1) is 22.2 Å². The predicted molar refractivity (Wildman–Crippen MR) is 105 cm³/mol. The number of carbonyl (C=O) groups excluding carboxylic acids is 1. The summed E-state index contributed by atoms with van der Waals surface area (Å²) < 4.78 is 5.70. The summed E-state index contributed by atoms with van der Waals surface area (Å²) in [6.07, 6.45) is 0. The molecule has 8 nitrogen and oxygen atoms in total. The number of nitrogens with one attached hydrogen (secondary N) is 2. The molecule has 4 rings (SSSR count). The minimum absolute atomic E-state index is 0.0798. The first-order valence-electron chi connectivity index (χ1n) is 8.37. The van der Waals surface area contributed by atoms with E-state index in [1.54, 1.807) is 36.4 Å². The maximum Gasteiger partial charge on any atom is 0.323 e. The molecule has 1 aromatic heterocycles. The quantitative estimate of drug-likeness (QED) is 0.384. The van der Waals surface area contributed by atoms with Crippen LogP contribution in [0.4, 0.5) is 21.9 Å². The molecule has 0 spiro atoms. The number of non-ortho nitro benzene ring substituents is 1. The van der Waals surface area contributed by atoms with Gasteiger partial charge in [-0.3, -0.25) is 10.1 Å². The summed E-state index contributed by atoms with van der Waals surface area (Å²) >= 11 is 0. The summed E-state index contributed by atoms with van der Waals surface area (Å²) in [5.74, 6) is 0.256. The number of nitrogens with zero attached hydrogens (tertiary/aromatic N) is 2. The van der Waals surface area contributed by atoms with Crippen molar-refractivity contribution in [2.75, 3.05) is 10.6 Å². The Balaban J connectivity index is 1.63. The van der Waals surface area contributed by atoms with Crippen LogP contribution in [0.15, 0.2) is 77.2 Å². The number of amides is 2. The summed E-state index contributed by atoms with van der Waals surface area (Å²) in [6.45, 7) is 0. The molecule has 0 unspecified atom stereocenters. The maximum atomic E-state index is 12.3. The van der Waals surface area contributed by atoms with Crippen molar-refractivity contribution in [2.45, 2.75) is 0 Å². The molecule has 0 fully saturated rings. The molecule has 0 saturated carbocycles. The smallest absolute Gasteiger partial charge is 0.323 e. The monoisotopic (exact) mass is 374 g/mol. The molecule has 2 amide bonds. The van der Waals surface area contributed by atoms with Gasteiger partial charge in [-0.15, -0.1) is 0 Å². The van der Waals surface area contributed by atoms with Crippen molar-refractivity contribution in [1.29, 1.82) is 0 Å². The van der Waals surface area contributed by atoms with Crippen LogP contribution in [0.3, 0.4) is 0 Å². The van der Waals surface area contributed by atoms with Gasteiger partial charge in [-0.25, -0.2) is 9.78 Å². The zero-order valence-electron chi connectivity index (χ0n) is 14.5. The fourth-order valence-electron chi connectivity index (χ4n) is 2.73. The van der Waals surface area contributed by atoms with Crippen molar-refractivity contribution in [3.05, 3.63) is 82.9 Å². The van der Waals surface area contributed by atoms with E-state index in [0.29, 0.717) is 28.0 Å². The van der Waals surface area contributed by atoms with Gasteiger partial charge in [0.2, 0.25) is 5.89 Å². The number of hydrogen-bond donors (Lipinski definition) is 2. The Bertz CT molecular complexity index is 1170. The lowest BCUT2D eigenvalue weighted by Crippen LogP contribution is -2.19. The fraction of sp³-hybridized carbons (Fsp3) is 0. The molecule has 138 valence electrons. The average Bonchev–Trinajstić information content (AvgIpc) is 3.12.